The quantitative estimate of drug-likeness (QED) is 0.330. The Labute approximate surface area is 192 Å². The Morgan fingerprint density at radius 1 is 0.906 bits per heavy atom. The van der Waals surface area contributed by atoms with E-state index in [0.717, 1.165) is 0 Å². The largest absolute Gasteiger partial charge is 0.464 e. The zero-order valence-electron chi connectivity index (χ0n) is 18.2. The molecule has 1 amide bonds. The Hall–Kier alpha value is -3.19. The lowest BCUT2D eigenvalue weighted by atomic mass is 9.75. The van der Waals surface area contributed by atoms with Gasteiger partial charge in [0.2, 0.25) is 11.4 Å². The predicted molar refractivity (Wildman–Crippen MR) is 119 cm³/mol. The van der Waals surface area contributed by atoms with E-state index in [9.17, 15) is 19.2 Å². The third-order valence-electron chi connectivity index (χ3n) is 4.86. The van der Waals surface area contributed by atoms with Crippen molar-refractivity contribution in [2.24, 2.45) is 0 Å². The van der Waals surface area contributed by atoms with Gasteiger partial charge >= 0.3 is 11.9 Å². The van der Waals surface area contributed by atoms with Crippen LogP contribution in [-0.4, -0.2) is 42.4 Å². The van der Waals surface area contributed by atoms with E-state index in [-0.39, 0.29) is 30.2 Å². The van der Waals surface area contributed by atoms with Gasteiger partial charge in [0.05, 0.1) is 18.2 Å². The van der Waals surface area contributed by atoms with Gasteiger partial charge in [0, 0.05) is 24.8 Å². The molecule has 0 aromatic heterocycles. The van der Waals surface area contributed by atoms with Crippen LogP contribution in [0.5, 0.6) is 0 Å². The van der Waals surface area contributed by atoms with Gasteiger partial charge in [0.1, 0.15) is 0 Å². The summed E-state index contributed by atoms with van der Waals surface area (Å²) in [6.45, 7) is 4.24. The number of Topliss-reactive ketones (excluding diaryl/α,β-unsaturated/α-hetero) is 1. The van der Waals surface area contributed by atoms with Crippen LogP contribution in [0.4, 0.5) is 0 Å². The number of benzene rings is 2. The maximum atomic E-state index is 13.2. The minimum atomic E-state index is -2.27. The molecule has 0 saturated carbocycles. The number of amides is 1. The fourth-order valence-corrected chi connectivity index (χ4v) is 3.75. The van der Waals surface area contributed by atoms with E-state index in [2.05, 4.69) is 5.32 Å². The van der Waals surface area contributed by atoms with Crippen molar-refractivity contribution < 1.29 is 28.7 Å². The van der Waals surface area contributed by atoms with Gasteiger partial charge in [0.15, 0.2) is 5.78 Å². The van der Waals surface area contributed by atoms with Gasteiger partial charge in [-0.15, -0.1) is 0 Å². The lowest BCUT2D eigenvalue weighted by Crippen LogP contribution is -2.64. The highest BCUT2D eigenvalue weighted by Gasteiger charge is 2.57. The number of halogens is 1. The summed E-state index contributed by atoms with van der Waals surface area (Å²) in [6, 6.07) is 15.0. The number of ketones is 1. The summed E-state index contributed by atoms with van der Waals surface area (Å²) < 4.78 is 10.4. The van der Waals surface area contributed by atoms with Crippen LogP contribution < -0.4 is 5.32 Å². The highest BCUT2D eigenvalue weighted by Crippen LogP contribution is 2.36. The van der Waals surface area contributed by atoms with Crippen molar-refractivity contribution in [1.29, 1.82) is 0 Å². The zero-order valence-corrected chi connectivity index (χ0v) is 19.0. The molecule has 0 heterocycles. The van der Waals surface area contributed by atoms with Gasteiger partial charge in [-0.1, -0.05) is 54.1 Å². The SMILES string of the molecule is CCOC(=O)C(NC(C)=O)(C(=O)OCC)C(CC(=O)c1ccccc1Cl)c1ccccc1. The monoisotopic (exact) mass is 459 g/mol. The molecule has 1 N–H and O–H groups in total. The zero-order chi connectivity index (χ0) is 23.7. The van der Waals surface area contributed by atoms with Gasteiger partial charge < -0.3 is 14.8 Å². The number of carbonyl (C=O) groups excluding carboxylic acids is 4. The highest BCUT2D eigenvalue weighted by molar-refractivity contribution is 6.34. The summed E-state index contributed by atoms with van der Waals surface area (Å²) in [7, 11) is 0. The summed E-state index contributed by atoms with van der Waals surface area (Å²) in [5.74, 6) is -4.19. The average molecular weight is 460 g/mol. The lowest BCUT2D eigenvalue weighted by Gasteiger charge is -2.36. The van der Waals surface area contributed by atoms with Gasteiger partial charge in [-0.3, -0.25) is 9.59 Å². The molecule has 0 aliphatic rings. The van der Waals surface area contributed by atoms with Crippen LogP contribution in [0.15, 0.2) is 54.6 Å². The molecule has 2 aromatic carbocycles. The number of hydrogen-bond acceptors (Lipinski definition) is 6. The summed E-state index contributed by atoms with van der Waals surface area (Å²) in [6.07, 6.45) is -0.314. The Kier molecular flexibility index (Phi) is 8.96. The van der Waals surface area contributed by atoms with Crippen molar-refractivity contribution in [3.8, 4) is 0 Å². The van der Waals surface area contributed by atoms with Crippen LogP contribution in [0.25, 0.3) is 0 Å². The molecule has 0 bridgehead atoms. The summed E-state index contributed by atoms with van der Waals surface area (Å²) >= 11 is 6.20. The first-order valence-electron chi connectivity index (χ1n) is 10.2. The molecule has 0 aliphatic carbocycles. The van der Waals surface area contributed by atoms with Crippen LogP contribution in [0.3, 0.4) is 0 Å². The molecule has 1 atom stereocenters. The van der Waals surface area contributed by atoms with E-state index in [1.807, 2.05) is 0 Å². The Balaban J connectivity index is 2.71. The van der Waals surface area contributed by atoms with E-state index in [1.165, 1.54) is 6.92 Å². The highest BCUT2D eigenvalue weighted by atomic mass is 35.5. The summed E-state index contributed by atoms with van der Waals surface area (Å²) in [5, 5.41) is 2.70. The number of carbonyl (C=O) groups is 4. The van der Waals surface area contributed by atoms with E-state index in [1.54, 1.807) is 68.4 Å². The Bertz CT molecular complexity index is 957. The molecule has 8 heteroatoms. The molecule has 1 unspecified atom stereocenters. The van der Waals surface area contributed by atoms with Gasteiger partial charge in [-0.2, -0.15) is 0 Å². The fraction of sp³-hybridized carbons (Fsp3) is 0.333. The van der Waals surface area contributed by atoms with Gasteiger partial charge in [0.25, 0.3) is 0 Å². The van der Waals surface area contributed by atoms with Crippen molar-refractivity contribution in [1.82, 2.24) is 5.32 Å². The minimum Gasteiger partial charge on any atom is -0.464 e. The Morgan fingerprint density at radius 3 is 1.94 bits per heavy atom. The number of ether oxygens (including phenoxy) is 2. The smallest absolute Gasteiger partial charge is 0.344 e. The van der Waals surface area contributed by atoms with Crippen molar-refractivity contribution in [2.75, 3.05) is 13.2 Å². The fourth-order valence-electron chi connectivity index (χ4n) is 3.51. The van der Waals surface area contributed by atoms with Crippen LogP contribution in [0.1, 0.15) is 49.0 Å². The van der Waals surface area contributed by atoms with E-state index in [4.69, 9.17) is 21.1 Å². The Morgan fingerprint density at radius 2 is 1.44 bits per heavy atom. The van der Waals surface area contributed by atoms with Crippen LogP contribution in [-0.2, 0) is 23.9 Å². The molecule has 2 aromatic rings. The first-order valence-corrected chi connectivity index (χ1v) is 10.6. The second-order valence-corrected chi connectivity index (χ2v) is 7.41. The average Bonchev–Trinajstić information content (AvgIpc) is 2.77. The first kappa shape index (κ1) is 25.1. The topological polar surface area (TPSA) is 98.8 Å². The first-order chi connectivity index (χ1) is 15.3. The second-order valence-electron chi connectivity index (χ2n) is 7.00. The number of hydrogen-bond donors (Lipinski definition) is 1. The molecule has 0 aliphatic heterocycles. The maximum Gasteiger partial charge on any atom is 0.344 e. The molecule has 170 valence electrons. The minimum absolute atomic E-state index is 0.0421. The predicted octanol–water partition coefficient (Wildman–Crippen LogP) is 3.70. The van der Waals surface area contributed by atoms with E-state index < -0.39 is 35.1 Å². The van der Waals surface area contributed by atoms with Crippen molar-refractivity contribution in [2.45, 2.75) is 38.6 Å². The third kappa shape index (κ3) is 5.53. The lowest BCUT2D eigenvalue weighted by molar-refractivity contribution is -0.169. The molecule has 0 fully saturated rings. The number of rotatable bonds is 10. The van der Waals surface area contributed by atoms with Crippen LogP contribution in [0.2, 0.25) is 5.02 Å². The van der Waals surface area contributed by atoms with Crippen molar-refractivity contribution in [3.05, 3.63) is 70.7 Å². The molecule has 0 radical (unpaired) electrons. The molecule has 7 nitrogen and oxygen atoms in total. The normalized spacial score (nSPS) is 11.9. The summed E-state index contributed by atoms with van der Waals surface area (Å²) in [5.41, 5.74) is -1.56. The molecule has 0 spiro atoms. The van der Waals surface area contributed by atoms with Crippen molar-refractivity contribution in [3.63, 3.8) is 0 Å². The van der Waals surface area contributed by atoms with Crippen LogP contribution >= 0.6 is 11.6 Å². The van der Waals surface area contributed by atoms with Crippen molar-refractivity contribution >= 4 is 35.2 Å². The summed E-state index contributed by atoms with van der Waals surface area (Å²) in [4.78, 5) is 51.9. The van der Waals surface area contributed by atoms with Gasteiger partial charge in [-0.25, -0.2) is 9.59 Å². The number of nitrogens with one attached hydrogen (secondary N) is 1. The molecule has 0 saturated heterocycles. The van der Waals surface area contributed by atoms with E-state index in [0.29, 0.717) is 5.56 Å². The van der Waals surface area contributed by atoms with E-state index >= 15 is 0 Å². The molecule has 32 heavy (non-hydrogen) atoms. The molecular weight excluding hydrogens is 434 g/mol. The second kappa shape index (κ2) is 11.4. The molecular formula is C24H26ClNO6. The van der Waals surface area contributed by atoms with Crippen LogP contribution in [0, 0.1) is 0 Å². The van der Waals surface area contributed by atoms with Gasteiger partial charge in [-0.05, 0) is 31.5 Å². The molecule has 2 rings (SSSR count). The maximum absolute atomic E-state index is 13.2. The standard InChI is InChI=1S/C24H26ClNO6/c1-4-31-22(29)24(26-16(3)27,23(30)32-5-2)19(17-11-7-6-8-12-17)15-21(28)18-13-9-10-14-20(18)25/h6-14,19H,4-5,15H2,1-3H3,(H,26,27). The number of esters is 2. The third-order valence-corrected chi connectivity index (χ3v) is 5.19.